The molecule has 3 N–H and O–H groups in total. The number of aliphatic hydroxyl groups is 3. The molecule has 0 aromatic carbocycles. The Bertz CT molecular complexity index is 832. The van der Waals surface area contributed by atoms with Crippen molar-refractivity contribution in [1.29, 1.82) is 0 Å². The van der Waals surface area contributed by atoms with Crippen molar-refractivity contribution >= 4 is 11.6 Å². The lowest BCUT2D eigenvalue weighted by atomic mass is 9.46. The van der Waals surface area contributed by atoms with E-state index in [1.807, 2.05) is 13.8 Å². The second-order valence-electron chi connectivity index (χ2n) is 11.4. The Morgan fingerprint density at radius 2 is 1.94 bits per heavy atom. The molecule has 0 bridgehead atoms. The summed E-state index contributed by atoms with van der Waals surface area (Å²) in [6.45, 7) is 5.25. The van der Waals surface area contributed by atoms with Crippen molar-refractivity contribution < 1.29 is 34.4 Å². The molecule has 5 rings (SSSR count). The van der Waals surface area contributed by atoms with Gasteiger partial charge in [-0.25, -0.2) is 0 Å². The van der Waals surface area contributed by atoms with Crippen LogP contribution in [0.15, 0.2) is 11.6 Å². The van der Waals surface area contributed by atoms with Crippen LogP contribution in [-0.2, 0) is 19.1 Å². The third kappa shape index (κ3) is 3.12. The summed E-state index contributed by atoms with van der Waals surface area (Å²) < 4.78 is 11.1. The molecule has 178 valence electrons. The molecule has 4 fully saturated rings. The Kier molecular flexibility index (Phi) is 5.45. The predicted octanol–water partition coefficient (Wildman–Crippen LogP) is 1.57. The zero-order valence-electron chi connectivity index (χ0n) is 19.1. The molecule has 9 unspecified atom stereocenters. The molecule has 9 atom stereocenters. The molecule has 0 aromatic rings. The first-order valence-corrected chi connectivity index (χ1v) is 12.2. The van der Waals surface area contributed by atoms with Crippen LogP contribution in [0.2, 0.25) is 0 Å². The van der Waals surface area contributed by atoms with E-state index in [1.54, 1.807) is 6.08 Å². The molecule has 0 aromatic heterocycles. The van der Waals surface area contributed by atoms with Crippen LogP contribution < -0.4 is 0 Å². The number of carbonyl (C=O) groups is 2. The van der Waals surface area contributed by atoms with E-state index in [2.05, 4.69) is 0 Å². The Morgan fingerprint density at radius 3 is 2.66 bits per heavy atom. The Labute approximate surface area is 189 Å². The van der Waals surface area contributed by atoms with Crippen molar-refractivity contribution in [1.82, 2.24) is 0 Å². The normalized spacial score (nSPS) is 50.4. The van der Waals surface area contributed by atoms with Gasteiger partial charge >= 0.3 is 0 Å². The van der Waals surface area contributed by atoms with Gasteiger partial charge in [-0.1, -0.05) is 13.8 Å². The van der Waals surface area contributed by atoms with Gasteiger partial charge in [-0.05, 0) is 67.9 Å². The summed E-state index contributed by atoms with van der Waals surface area (Å²) in [5.74, 6) is -0.732. The molecule has 0 radical (unpaired) electrons. The van der Waals surface area contributed by atoms with Crippen LogP contribution in [0.4, 0.5) is 0 Å². The maximum Gasteiger partial charge on any atom is 0.162 e. The number of aliphatic hydroxyl groups excluding tert-OH is 2. The highest BCUT2D eigenvalue weighted by molar-refractivity contribution is 5.95. The maximum atomic E-state index is 13.2. The standard InChI is InChI=1S/C25H36O7/c1-23-11-21(28)20(27)10-18(23)19(26)9-17-15(23)3-6-24(2)16(4-7-25(17,24)30)22(29)13-32-14-5-8-31-12-14/h9,14-16,18,20-21,27-28,30H,3-8,10-13H2,1-2H3. The molecule has 4 aliphatic carbocycles. The van der Waals surface area contributed by atoms with E-state index in [0.717, 1.165) is 18.4 Å². The van der Waals surface area contributed by atoms with Crippen molar-refractivity contribution in [2.45, 2.75) is 82.7 Å². The molecule has 1 saturated heterocycles. The molecule has 1 aliphatic heterocycles. The molecule has 0 spiro atoms. The van der Waals surface area contributed by atoms with Gasteiger partial charge in [-0.2, -0.15) is 0 Å². The van der Waals surface area contributed by atoms with Crippen LogP contribution in [0.3, 0.4) is 0 Å². The molecular weight excluding hydrogens is 412 g/mol. The van der Waals surface area contributed by atoms with Crippen molar-refractivity contribution in [3.05, 3.63) is 11.6 Å². The van der Waals surface area contributed by atoms with E-state index in [4.69, 9.17) is 9.47 Å². The van der Waals surface area contributed by atoms with Crippen LogP contribution in [0.5, 0.6) is 0 Å². The lowest BCUT2D eigenvalue weighted by Gasteiger charge is -2.59. The van der Waals surface area contributed by atoms with E-state index in [1.165, 1.54) is 0 Å². The average molecular weight is 449 g/mol. The summed E-state index contributed by atoms with van der Waals surface area (Å²) in [4.78, 5) is 26.3. The molecule has 32 heavy (non-hydrogen) atoms. The second kappa shape index (κ2) is 7.70. The van der Waals surface area contributed by atoms with Gasteiger partial charge in [0.05, 0.1) is 30.5 Å². The van der Waals surface area contributed by atoms with E-state index >= 15 is 0 Å². The topological polar surface area (TPSA) is 113 Å². The Hall–Kier alpha value is -1.12. The zero-order valence-corrected chi connectivity index (χ0v) is 19.1. The van der Waals surface area contributed by atoms with E-state index in [0.29, 0.717) is 38.9 Å². The maximum absolute atomic E-state index is 13.2. The van der Waals surface area contributed by atoms with E-state index in [-0.39, 0.29) is 48.5 Å². The summed E-state index contributed by atoms with van der Waals surface area (Å²) in [6.07, 6.45) is 3.72. The summed E-state index contributed by atoms with van der Waals surface area (Å²) in [5.41, 5.74) is -1.60. The smallest absolute Gasteiger partial charge is 0.162 e. The minimum Gasteiger partial charge on any atom is -0.390 e. The lowest BCUT2D eigenvalue weighted by molar-refractivity contribution is -0.155. The molecule has 5 aliphatic rings. The fourth-order valence-corrected chi connectivity index (χ4v) is 7.83. The number of ketones is 2. The number of ether oxygens (including phenoxy) is 2. The lowest BCUT2D eigenvalue weighted by Crippen LogP contribution is -2.61. The number of fused-ring (bicyclic) bond motifs is 5. The van der Waals surface area contributed by atoms with Crippen LogP contribution >= 0.6 is 0 Å². The quantitative estimate of drug-likeness (QED) is 0.598. The fourth-order valence-electron chi connectivity index (χ4n) is 7.83. The molecule has 7 heteroatoms. The third-order valence-corrected chi connectivity index (χ3v) is 9.86. The van der Waals surface area contributed by atoms with Gasteiger partial charge in [-0.3, -0.25) is 9.59 Å². The molecule has 3 saturated carbocycles. The van der Waals surface area contributed by atoms with Crippen molar-refractivity contribution in [2.24, 2.45) is 28.6 Å². The number of rotatable bonds is 4. The number of carbonyl (C=O) groups excluding carboxylic acids is 2. The van der Waals surface area contributed by atoms with Gasteiger partial charge in [0, 0.05) is 23.9 Å². The zero-order chi connectivity index (χ0) is 22.9. The number of hydrogen-bond acceptors (Lipinski definition) is 7. The van der Waals surface area contributed by atoms with Gasteiger partial charge in [0.25, 0.3) is 0 Å². The van der Waals surface area contributed by atoms with Gasteiger partial charge < -0.3 is 24.8 Å². The van der Waals surface area contributed by atoms with Crippen molar-refractivity contribution in [3.63, 3.8) is 0 Å². The van der Waals surface area contributed by atoms with Gasteiger partial charge in [0.15, 0.2) is 11.6 Å². The van der Waals surface area contributed by atoms with Crippen molar-refractivity contribution in [2.75, 3.05) is 19.8 Å². The summed E-state index contributed by atoms with van der Waals surface area (Å²) in [7, 11) is 0. The second-order valence-corrected chi connectivity index (χ2v) is 11.4. The summed E-state index contributed by atoms with van der Waals surface area (Å²) in [6, 6.07) is 0. The highest BCUT2D eigenvalue weighted by Gasteiger charge is 2.67. The minimum atomic E-state index is -1.21. The highest BCUT2D eigenvalue weighted by atomic mass is 16.5. The van der Waals surface area contributed by atoms with E-state index < -0.39 is 28.6 Å². The Balaban J connectivity index is 1.41. The highest BCUT2D eigenvalue weighted by Crippen LogP contribution is 2.67. The Morgan fingerprint density at radius 1 is 1.16 bits per heavy atom. The van der Waals surface area contributed by atoms with Crippen LogP contribution in [0.25, 0.3) is 0 Å². The van der Waals surface area contributed by atoms with Crippen molar-refractivity contribution in [3.8, 4) is 0 Å². The van der Waals surface area contributed by atoms with Crippen LogP contribution in [-0.4, -0.2) is 70.6 Å². The summed E-state index contributed by atoms with van der Waals surface area (Å²) in [5, 5.41) is 32.7. The minimum absolute atomic E-state index is 0.0248. The first-order chi connectivity index (χ1) is 15.1. The van der Waals surface area contributed by atoms with Crippen LogP contribution in [0, 0.1) is 28.6 Å². The molecule has 1 heterocycles. The number of allylic oxidation sites excluding steroid dienone is 1. The summed E-state index contributed by atoms with van der Waals surface area (Å²) >= 11 is 0. The van der Waals surface area contributed by atoms with Gasteiger partial charge in [-0.15, -0.1) is 0 Å². The average Bonchev–Trinajstić information content (AvgIpc) is 3.35. The van der Waals surface area contributed by atoms with E-state index in [9.17, 15) is 24.9 Å². The number of hydrogen-bond donors (Lipinski definition) is 3. The van der Waals surface area contributed by atoms with Crippen LogP contribution in [0.1, 0.15) is 58.8 Å². The monoisotopic (exact) mass is 448 g/mol. The first kappa shape index (κ1) is 22.7. The predicted molar refractivity (Wildman–Crippen MR) is 115 cm³/mol. The van der Waals surface area contributed by atoms with Gasteiger partial charge in [0.2, 0.25) is 0 Å². The third-order valence-electron chi connectivity index (χ3n) is 9.86. The largest absolute Gasteiger partial charge is 0.390 e. The van der Waals surface area contributed by atoms with Gasteiger partial charge in [0.1, 0.15) is 6.61 Å². The first-order valence-electron chi connectivity index (χ1n) is 12.2. The number of Topliss-reactive ketones (excluding diaryl/α,β-unsaturated/α-hetero) is 1. The SMILES string of the molecule is CC12CC(O)C(O)CC1C(=O)C=C1C2CCC2(C)C(C(=O)COC3CCOC3)CCC12O. The molecular formula is C25H36O7. The molecule has 0 amide bonds. The molecule has 7 nitrogen and oxygen atoms in total. The fraction of sp³-hybridized carbons (Fsp3) is 0.840.